The van der Waals surface area contributed by atoms with Crippen LogP contribution in [0.15, 0.2) is 24.3 Å². The van der Waals surface area contributed by atoms with Gasteiger partial charge in [0.1, 0.15) is 6.10 Å². The second-order valence-electron chi connectivity index (χ2n) is 7.44. The predicted molar refractivity (Wildman–Crippen MR) is 100 cm³/mol. The van der Waals surface area contributed by atoms with Crippen LogP contribution in [-0.2, 0) is 5.60 Å². The Hall–Kier alpha value is -2.41. The first kappa shape index (κ1) is 19.9. The van der Waals surface area contributed by atoms with Crippen LogP contribution in [0.5, 0.6) is 17.2 Å². The molecule has 2 aromatic rings. The van der Waals surface area contributed by atoms with Crippen molar-refractivity contribution in [3.8, 4) is 17.2 Å². The standard InChI is InChI=1S/C22H23F3O4/c1-3-27-15-8-6-14(18(23)19(15)24)22(26)10-9-12-13-5-7-16(28-4-2)20(25)21(13)29-17(12)11-22/h5-8,12,17,26H,3-4,9-11H2,1-2H3/t12-,17?,22?/m0/s1. The van der Waals surface area contributed by atoms with Gasteiger partial charge in [0, 0.05) is 23.5 Å². The minimum atomic E-state index is -1.61. The first-order valence-corrected chi connectivity index (χ1v) is 9.85. The first-order chi connectivity index (χ1) is 13.9. The van der Waals surface area contributed by atoms with Crippen LogP contribution >= 0.6 is 0 Å². The lowest BCUT2D eigenvalue weighted by Gasteiger charge is -2.38. The van der Waals surface area contributed by atoms with E-state index in [-0.39, 0.29) is 48.2 Å². The predicted octanol–water partition coefficient (Wildman–Crippen LogP) is 4.82. The molecular weight excluding hydrogens is 385 g/mol. The van der Waals surface area contributed by atoms with Crippen molar-refractivity contribution in [1.82, 2.24) is 0 Å². The summed E-state index contributed by atoms with van der Waals surface area (Å²) < 4.78 is 59.9. The van der Waals surface area contributed by atoms with E-state index in [4.69, 9.17) is 14.2 Å². The molecule has 0 amide bonds. The number of hydrogen-bond donors (Lipinski definition) is 1. The van der Waals surface area contributed by atoms with Crippen LogP contribution in [-0.4, -0.2) is 24.4 Å². The number of benzene rings is 2. The number of rotatable bonds is 5. The zero-order valence-corrected chi connectivity index (χ0v) is 16.3. The van der Waals surface area contributed by atoms with Gasteiger partial charge in [-0.3, -0.25) is 0 Å². The average Bonchev–Trinajstić information content (AvgIpc) is 3.06. The van der Waals surface area contributed by atoms with Crippen molar-refractivity contribution in [3.63, 3.8) is 0 Å². The molecule has 1 saturated carbocycles. The van der Waals surface area contributed by atoms with Gasteiger partial charge in [0.25, 0.3) is 0 Å². The van der Waals surface area contributed by atoms with E-state index in [1.807, 2.05) is 0 Å². The Morgan fingerprint density at radius 3 is 2.34 bits per heavy atom. The number of aliphatic hydroxyl groups is 1. The van der Waals surface area contributed by atoms with Crippen LogP contribution in [0.4, 0.5) is 13.2 Å². The van der Waals surface area contributed by atoms with Crippen LogP contribution in [0, 0.1) is 17.5 Å². The molecule has 7 heteroatoms. The monoisotopic (exact) mass is 408 g/mol. The summed E-state index contributed by atoms with van der Waals surface area (Å²) in [6.07, 6.45) is 0.149. The molecule has 1 aliphatic heterocycles. The van der Waals surface area contributed by atoms with Crippen LogP contribution in [0.3, 0.4) is 0 Å². The highest BCUT2D eigenvalue weighted by molar-refractivity contribution is 5.49. The van der Waals surface area contributed by atoms with Crippen molar-refractivity contribution in [1.29, 1.82) is 0 Å². The van der Waals surface area contributed by atoms with Crippen LogP contribution in [0.25, 0.3) is 0 Å². The van der Waals surface area contributed by atoms with Gasteiger partial charge in [-0.25, -0.2) is 4.39 Å². The van der Waals surface area contributed by atoms with Crippen LogP contribution in [0.2, 0.25) is 0 Å². The van der Waals surface area contributed by atoms with E-state index < -0.39 is 29.2 Å². The molecule has 1 N–H and O–H groups in total. The maximum atomic E-state index is 14.7. The minimum Gasteiger partial charge on any atom is -0.491 e. The topological polar surface area (TPSA) is 47.9 Å². The average molecular weight is 408 g/mol. The second kappa shape index (κ2) is 7.44. The highest BCUT2D eigenvalue weighted by Crippen LogP contribution is 2.53. The van der Waals surface area contributed by atoms with E-state index in [1.165, 1.54) is 12.1 Å². The molecule has 0 spiro atoms. The van der Waals surface area contributed by atoms with Gasteiger partial charge in [0.2, 0.25) is 11.6 Å². The summed E-state index contributed by atoms with van der Waals surface area (Å²) in [6, 6.07) is 6.01. The Bertz CT molecular complexity index is 933. The summed E-state index contributed by atoms with van der Waals surface area (Å²) in [7, 11) is 0. The lowest BCUT2D eigenvalue weighted by molar-refractivity contribution is -0.0461. The lowest BCUT2D eigenvalue weighted by Crippen LogP contribution is -2.40. The lowest BCUT2D eigenvalue weighted by atomic mass is 9.72. The second-order valence-corrected chi connectivity index (χ2v) is 7.44. The van der Waals surface area contributed by atoms with E-state index in [2.05, 4.69) is 0 Å². The quantitative estimate of drug-likeness (QED) is 0.771. The molecule has 3 atom stereocenters. The highest BCUT2D eigenvalue weighted by Gasteiger charge is 2.48. The van der Waals surface area contributed by atoms with E-state index in [0.29, 0.717) is 13.0 Å². The van der Waals surface area contributed by atoms with E-state index in [1.54, 1.807) is 26.0 Å². The number of hydrogen-bond acceptors (Lipinski definition) is 4. The van der Waals surface area contributed by atoms with Gasteiger partial charge < -0.3 is 19.3 Å². The van der Waals surface area contributed by atoms with Crippen molar-refractivity contribution in [2.75, 3.05) is 13.2 Å². The third-order valence-corrected chi connectivity index (χ3v) is 5.77. The maximum Gasteiger partial charge on any atom is 0.207 e. The van der Waals surface area contributed by atoms with Crippen LogP contribution in [0.1, 0.15) is 50.2 Å². The summed E-state index contributed by atoms with van der Waals surface area (Å²) in [5.41, 5.74) is -1.03. The minimum absolute atomic E-state index is 0.0279. The highest BCUT2D eigenvalue weighted by atomic mass is 19.2. The van der Waals surface area contributed by atoms with Gasteiger partial charge in [-0.2, -0.15) is 8.78 Å². The van der Waals surface area contributed by atoms with Gasteiger partial charge in [-0.05, 0) is 44.9 Å². The summed E-state index contributed by atoms with van der Waals surface area (Å²) in [5.74, 6) is -2.90. The van der Waals surface area contributed by atoms with E-state index in [0.717, 1.165) is 5.56 Å². The Balaban J connectivity index is 1.62. The normalized spacial score (nSPS) is 25.2. The van der Waals surface area contributed by atoms with Gasteiger partial charge in [-0.15, -0.1) is 0 Å². The fourth-order valence-corrected chi connectivity index (χ4v) is 4.42. The molecule has 4 nitrogen and oxygen atoms in total. The Morgan fingerprint density at radius 2 is 1.66 bits per heavy atom. The molecule has 2 aliphatic rings. The van der Waals surface area contributed by atoms with Gasteiger partial charge in [0.05, 0.1) is 18.8 Å². The fourth-order valence-electron chi connectivity index (χ4n) is 4.42. The molecule has 1 fully saturated rings. The van der Waals surface area contributed by atoms with Crippen molar-refractivity contribution < 1.29 is 32.5 Å². The zero-order valence-electron chi connectivity index (χ0n) is 16.3. The van der Waals surface area contributed by atoms with Gasteiger partial charge in [0.15, 0.2) is 23.1 Å². The largest absolute Gasteiger partial charge is 0.491 e. The summed E-state index contributed by atoms with van der Waals surface area (Å²) in [6.45, 7) is 3.96. The molecule has 0 aromatic heterocycles. The van der Waals surface area contributed by atoms with Gasteiger partial charge >= 0.3 is 0 Å². The molecule has 1 aliphatic carbocycles. The molecule has 1 heterocycles. The Morgan fingerprint density at radius 1 is 1.00 bits per heavy atom. The Labute approximate surface area is 167 Å². The molecule has 2 unspecified atom stereocenters. The molecule has 0 radical (unpaired) electrons. The van der Waals surface area contributed by atoms with Gasteiger partial charge in [-0.1, -0.05) is 6.07 Å². The third kappa shape index (κ3) is 3.21. The molecular formula is C22H23F3O4. The summed E-state index contributed by atoms with van der Waals surface area (Å²) >= 11 is 0. The van der Waals surface area contributed by atoms with Crippen molar-refractivity contribution in [2.24, 2.45) is 0 Å². The van der Waals surface area contributed by atoms with E-state index in [9.17, 15) is 18.3 Å². The maximum absolute atomic E-state index is 14.7. The molecule has 156 valence electrons. The third-order valence-electron chi connectivity index (χ3n) is 5.77. The molecule has 0 saturated heterocycles. The zero-order chi connectivity index (χ0) is 20.8. The molecule has 0 bridgehead atoms. The number of fused-ring (bicyclic) bond motifs is 3. The van der Waals surface area contributed by atoms with Crippen molar-refractivity contribution >= 4 is 0 Å². The first-order valence-electron chi connectivity index (χ1n) is 9.85. The van der Waals surface area contributed by atoms with E-state index >= 15 is 0 Å². The fraction of sp³-hybridized carbons (Fsp3) is 0.455. The molecule has 4 rings (SSSR count). The summed E-state index contributed by atoms with van der Waals surface area (Å²) in [4.78, 5) is 0. The smallest absolute Gasteiger partial charge is 0.207 e. The van der Waals surface area contributed by atoms with Crippen molar-refractivity contribution in [3.05, 3.63) is 52.8 Å². The SMILES string of the molecule is CCOc1ccc(C2(O)CC[C@H]3c4ccc(OCC)c(F)c4OC3C2)c(F)c1F. The van der Waals surface area contributed by atoms with Crippen molar-refractivity contribution in [2.45, 2.75) is 50.7 Å². The number of ether oxygens (including phenoxy) is 3. The van der Waals surface area contributed by atoms with Crippen LogP contribution < -0.4 is 14.2 Å². The molecule has 2 aromatic carbocycles. The molecule has 29 heavy (non-hydrogen) atoms. The number of halogens is 3. The summed E-state index contributed by atoms with van der Waals surface area (Å²) in [5, 5.41) is 11.2. The Kier molecular flexibility index (Phi) is 5.11.